The van der Waals surface area contributed by atoms with Gasteiger partial charge in [-0.3, -0.25) is 4.79 Å². The number of rotatable bonds is 3. The van der Waals surface area contributed by atoms with Crippen LogP contribution in [0.2, 0.25) is 0 Å². The standard InChI is InChI=1S/C13H18FN3O/c1-16-13(18)12-3-2-6-17(12)10-5-4-9(8-15)11(14)7-10/h4-5,7,12H,2-3,6,8,15H2,1H3,(H,16,18). The van der Waals surface area contributed by atoms with E-state index in [0.29, 0.717) is 5.56 Å². The zero-order valence-corrected chi connectivity index (χ0v) is 10.4. The molecule has 0 bridgehead atoms. The van der Waals surface area contributed by atoms with Crippen molar-refractivity contribution in [1.82, 2.24) is 5.32 Å². The molecule has 1 atom stereocenters. The second-order valence-corrected chi connectivity index (χ2v) is 4.45. The molecular formula is C13H18FN3O. The van der Waals surface area contributed by atoms with Crippen molar-refractivity contribution >= 4 is 11.6 Å². The van der Waals surface area contributed by atoms with Gasteiger partial charge in [0.1, 0.15) is 11.9 Å². The highest BCUT2D eigenvalue weighted by atomic mass is 19.1. The number of hydrogen-bond acceptors (Lipinski definition) is 3. The Bertz CT molecular complexity index is 450. The van der Waals surface area contributed by atoms with Crippen LogP contribution in [0.15, 0.2) is 18.2 Å². The molecule has 0 radical (unpaired) electrons. The third-order valence-electron chi connectivity index (χ3n) is 3.39. The lowest BCUT2D eigenvalue weighted by atomic mass is 10.1. The van der Waals surface area contributed by atoms with Crippen LogP contribution in [0.25, 0.3) is 0 Å². The summed E-state index contributed by atoms with van der Waals surface area (Å²) in [6, 6.07) is 4.78. The second kappa shape index (κ2) is 5.35. The van der Waals surface area contributed by atoms with Crippen LogP contribution in [-0.2, 0) is 11.3 Å². The van der Waals surface area contributed by atoms with E-state index in [1.165, 1.54) is 6.07 Å². The summed E-state index contributed by atoms with van der Waals surface area (Å²) in [5.74, 6) is -0.326. The van der Waals surface area contributed by atoms with Crippen LogP contribution in [0, 0.1) is 5.82 Å². The summed E-state index contributed by atoms with van der Waals surface area (Å²) in [6.07, 6.45) is 1.75. The highest BCUT2D eigenvalue weighted by Gasteiger charge is 2.30. The summed E-state index contributed by atoms with van der Waals surface area (Å²) in [5, 5.41) is 2.65. The van der Waals surface area contributed by atoms with Crippen molar-refractivity contribution in [2.24, 2.45) is 5.73 Å². The van der Waals surface area contributed by atoms with E-state index in [-0.39, 0.29) is 24.3 Å². The molecule has 18 heavy (non-hydrogen) atoms. The van der Waals surface area contributed by atoms with E-state index in [0.717, 1.165) is 25.1 Å². The number of carbonyl (C=O) groups is 1. The number of nitrogens with one attached hydrogen (secondary N) is 1. The first kappa shape index (κ1) is 12.8. The van der Waals surface area contributed by atoms with Gasteiger partial charge in [-0.1, -0.05) is 6.07 Å². The fraction of sp³-hybridized carbons (Fsp3) is 0.462. The van der Waals surface area contributed by atoms with Gasteiger partial charge in [0, 0.05) is 31.4 Å². The number of anilines is 1. The molecular weight excluding hydrogens is 233 g/mol. The summed E-state index contributed by atoms with van der Waals surface area (Å²) >= 11 is 0. The molecule has 1 amide bonds. The number of halogens is 1. The molecule has 0 aliphatic carbocycles. The Morgan fingerprint density at radius 3 is 3.00 bits per heavy atom. The van der Waals surface area contributed by atoms with Crippen molar-refractivity contribution in [3.8, 4) is 0 Å². The van der Waals surface area contributed by atoms with E-state index < -0.39 is 0 Å². The fourth-order valence-corrected chi connectivity index (χ4v) is 2.40. The van der Waals surface area contributed by atoms with Gasteiger partial charge in [-0.25, -0.2) is 4.39 Å². The quantitative estimate of drug-likeness (QED) is 0.842. The number of nitrogens with two attached hydrogens (primary N) is 1. The molecule has 1 aliphatic heterocycles. The number of likely N-dealkylation sites (N-methyl/N-ethyl adjacent to an activating group) is 1. The number of hydrogen-bond donors (Lipinski definition) is 2. The first-order chi connectivity index (χ1) is 8.67. The third kappa shape index (κ3) is 2.31. The van der Waals surface area contributed by atoms with E-state index in [1.54, 1.807) is 13.1 Å². The highest BCUT2D eigenvalue weighted by Crippen LogP contribution is 2.27. The van der Waals surface area contributed by atoms with Crippen molar-refractivity contribution in [3.05, 3.63) is 29.6 Å². The van der Waals surface area contributed by atoms with Crippen LogP contribution >= 0.6 is 0 Å². The molecule has 1 aromatic carbocycles. The van der Waals surface area contributed by atoms with E-state index in [4.69, 9.17) is 5.73 Å². The molecule has 1 unspecified atom stereocenters. The second-order valence-electron chi connectivity index (χ2n) is 4.45. The average Bonchev–Trinajstić information content (AvgIpc) is 2.86. The largest absolute Gasteiger partial charge is 0.359 e. The van der Waals surface area contributed by atoms with Crippen LogP contribution in [0.1, 0.15) is 18.4 Å². The molecule has 4 nitrogen and oxygen atoms in total. The Labute approximate surface area is 106 Å². The van der Waals surface area contributed by atoms with Gasteiger partial charge < -0.3 is 16.0 Å². The Hall–Kier alpha value is -1.62. The number of carbonyl (C=O) groups excluding carboxylic acids is 1. The van der Waals surface area contributed by atoms with Crippen LogP contribution in [0.4, 0.5) is 10.1 Å². The number of benzene rings is 1. The third-order valence-corrected chi connectivity index (χ3v) is 3.39. The average molecular weight is 251 g/mol. The summed E-state index contributed by atoms with van der Waals surface area (Å²) in [5.41, 5.74) is 6.67. The van der Waals surface area contributed by atoms with Gasteiger partial charge in [-0.05, 0) is 25.0 Å². The zero-order valence-electron chi connectivity index (χ0n) is 10.4. The highest BCUT2D eigenvalue weighted by molar-refractivity contribution is 5.85. The van der Waals surface area contributed by atoms with Crippen molar-refractivity contribution in [3.63, 3.8) is 0 Å². The normalized spacial score (nSPS) is 19.1. The van der Waals surface area contributed by atoms with Crippen molar-refractivity contribution in [2.75, 3.05) is 18.5 Å². The molecule has 0 spiro atoms. The van der Waals surface area contributed by atoms with Crippen molar-refractivity contribution < 1.29 is 9.18 Å². The molecule has 98 valence electrons. The van der Waals surface area contributed by atoms with Gasteiger partial charge in [-0.2, -0.15) is 0 Å². The van der Waals surface area contributed by atoms with Gasteiger partial charge in [0.2, 0.25) is 5.91 Å². The van der Waals surface area contributed by atoms with Gasteiger partial charge in [0.25, 0.3) is 0 Å². The van der Waals surface area contributed by atoms with Gasteiger partial charge in [-0.15, -0.1) is 0 Å². The Balaban J connectivity index is 2.25. The maximum absolute atomic E-state index is 13.7. The first-order valence-corrected chi connectivity index (χ1v) is 6.14. The first-order valence-electron chi connectivity index (χ1n) is 6.14. The molecule has 1 aliphatic rings. The van der Waals surface area contributed by atoms with Crippen LogP contribution in [0.5, 0.6) is 0 Å². The Morgan fingerprint density at radius 2 is 2.39 bits per heavy atom. The monoisotopic (exact) mass is 251 g/mol. The molecule has 3 N–H and O–H groups in total. The minimum absolute atomic E-state index is 0.0178. The molecule has 1 fully saturated rings. The van der Waals surface area contributed by atoms with Crippen molar-refractivity contribution in [1.29, 1.82) is 0 Å². The minimum Gasteiger partial charge on any atom is -0.359 e. The van der Waals surface area contributed by atoms with E-state index in [9.17, 15) is 9.18 Å². The van der Waals surface area contributed by atoms with Crippen molar-refractivity contribution in [2.45, 2.75) is 25.4 Å². The molecule has 1 heterocycles. The van der Waals surface area contributed by atoms with E-state index >= 15 is 0 Å². The predicted molar refractivity (Wildman–Crippen MR) is 68.7 cm³/mol. The number of nitrogens with zero attached hydrogens (tertiary/aromatic N) is 1. The lowest BCUT2D eigenvalue weighted by molar-refractivity contribution is -0.121. The SMILES string of the molecule is CNC(=O)C1CCCN1c1ccc(CN)c(F)c1. The number of amides is 1. The minimum atomic E-state index is -0.308. The van der Waals surface area contributed by atoms with Crippen LogP contribution in [-0.4, -0.2) is 25.5 Å². The van der Waals surface area contributed by atoms with Crippen LogP contribution < -0.4 is 16.0 Å². The van der Waals surface area contributed by atoms with Gasteiger partial charge >= 0.3 is 0 Å². The molecule has 2 rings (SSSR count). The van der Waals surface area contributed by atoms with E-state index in [1.807, 2.05) is 11.0 Å². The maximum atomic E-state index is 13.7. The maximum Gasteiger partial charge on any atom is 0.242 e. The Morgan fingerprint density at radius 1 is 1.61 bits per heavy atom. The molecule has 1 saturated heterocycles. The zero-order chi connectivity index (χ0) is 13.1. The smallest absolute Gasteiger partial charge is 0.242 e. The summed E-state index contributed by atoms with van der Waals surface area (Å²) in [4.78, 5) is 13.7. The summed E-state index contributed by atoms with van der Waals surface area (Å²) in [7, 11) is 1.62. The molecule has 0 saturated carbocycles. The molecule has 0 aromatic heterocycles. The summed E-state index contributed by atoms with van der Waals surface area (Å²) < 4.78 is 13.7. The van der Waals surface area contributed by atoms with Gasteiger partial charge in [0.05, 0.1) is 0 Å². The predicted octanol–water partition coefficient (Wildman–Crippen LogP) is 0.999. The Kier molecular flexibility index (Phi) is 3.81. The van der Waals surface area contributed by atoms with Gasteiger partial charge in [0.15, 0.2) is 0 Å². The summed E-state index contributed by atoms with van der Waals surface area (Å²) in [6.45, 7) is 0.963. The molecule has 5 heteroatoms. The topological polar surface area (TPSA) is 58.4 Å². The molecule has 1 aromatic rings. The fourth-order valence-electron chi connectivity index (χ4n) is 2.40. The lowest BCUT2D eigenvalue weighted by Gasteiger charge is -2.25. The lowest BCUT2D eigenvalue weighted by Crippen LogP contribution is -2.42. The van der Waals surface area contributed by atoms with E-state index in [2.05, 4.69) is 5.32 Å². The van der Waals surface area contributed by atoms with Crippen LogP contribution in [0.3, 0.4) is 0 Å².